The van der Waals surface area contributed by atoms with Crippen LogP contribution in [0.5, 0.6) is 0 Å². The van der Waals surface area contributed by atoms with E-state index in [9.17, 15) is 0 Å². The van der Waals surface area contributed by atoms with Gasteiger partial charge in [0.05, 0.1) is 11.9 Å². The van der Waals surface area contributed by atoms with Gasteiger partial charge in [0.25, 0.3) is 5.82 Å². The third kappa shape index (κ3) is 2.98. The SMILES string of the molecule is Cc1cc[nH+]c(N[C@H](c2ccccn2)c2c(C)[nH]c3ccccc23)c1. The lowest BCUT2D eigenvalue weighted by atomic mass is 9.99. The average Bonchev–Trinajstić information content (AvgIpc) is 2.96. The molecule has 0 bridgehead atoms. The topological polar surface area (TPSA) is 54.9 Å². The van der Waals surface area contributed by atoms with Crippen LogP contribution in [0.4, 0.5) is 5.82 Å². The van der Waals surface area contributed by atoms with Gasteiger partial charge in [-0.1, -0.05) is 24.3 Å². The normalized spacial score (nSPS) is 12.2. The average molecular weight is 329 g/mol. The first kappa shape index (κ1) is 15.4. The summed E-state index contributed by atoms with van der Waals surface area (Å²) >= 11 is 0. The molecule has 25 heavy (non-hydrogen) atoms. The second-order valence-electron chi connectivity index (χ2n) is 6.32. The van der Waals surface area contributed by atoms with Gasteiger partial charge in [0, 0.05) is 34.4 Å². The van der Waals surface area contributed by atoms with Gasteiger partial charge in [-0.05, 0) is 43.7 Å². The van der Waals surface area contributed by atoms with E-state index in [4.69, 9.17) is 0 Å². The highest BCUT2D eigenvalue weighted by Crippen LogP contribution is 2.33. The molecular formula is C21H21N4+. The number of nitrogens with one attached hydrogen (secondary N) is 3. The first-order chi connectivity index (χ1) is 12.2. The molecule has 0 saturated carbocycles. The fourth-order valence-corrected chi connectivity index (χ4v) is 3.33. The molecule has 0 spiro atoms. The molecule has 1 aromatic carbocycles. The summed E-state index contributed by atoms with van der Waals surface area (Å²) in [6.07, 6.45) is 3.80. The van der Waals surface area contributed by atoms with Crippen molar-refractivity contribution < 1.29 is 4.98 Å². The number of anilines is 1. The number of aromatic nitrogens is 3. The Hall–Kier alpha value is -3.14. The number of hydrogen-bond donors (Lipinski definition) is 2. The van der Waals surface area contributed by atoms with Crippen molar-refractivity contribution in [2.45, 2.75) is 19.9 Å². The predicted octanol–water partition coefficient (Wildman–Crippen LogP) is 4.20. The first-order valence-electron chi connectivity index (χ1n) is 8.45. The van der Waals surface area contributed by atoms with Gasteiger partial charge in [0.15, 0.2) is 6.04 Å². The highest BCUT2D eigenvalue weighted by Gasteiger charge is 2.26. The standard InChI is InChI=1S/C21H20N4/c1-14-10-12-23-19(13-14)25-21(18-9-5-6-11-22-18)20-15(2)24-17-8-4-3-7-16(17)20/h3-13,21,24H,1-2H3,(H,23,25)/p+1/t21-/m1/s1. The van der Waals surface area contributed by atoms with Crippen LogP contribution < -0.4 is 10.3 Å². The first-order valence-corrected chi connectivity index (χ1v) is 8.45. The van der Waals surface area contributed by atoms with Crippen LogP contribution in [0.2, 0.25) is 0 Å². The van der Waals surface area contributed by atoms with Crippen molar-refractivity contribution >= 4 is 16.7 Å². The number of pyridine rings is 2. The van der Waals surface area contributed by atoms with Gasteiger partial charge in [-0.3, -0.25) is 10.3 Å². The fraction of sp³-hybridized carbons (Fsp3) is 0.143. The quantitative estimate of drug-likeness (QED) is 0.590. The van der Waals surface area contributed by atoms with E-state index in [1.165, 1.54) is 16.5 Å². The molecule has 3 aromatic heterocycles. The number of H-pyrrole nitrogens is 2. The van der Waals surface area contributed by atoms with Gasteiger partial charge in [0.2, 0.25) is 0 Å². The molecule has 0 amide bonds. The minimum Gasteiger partial charge on any atom is -0.358 e. The van der Waals surface area contributed by atoms with Crippen molar-refractivity contribution in [3.05, 3.63) is 89.5 Å². The van der Waals surface area contributed by atoms with E-state index in [0.717, 1.165) is 22.7 Å². The molecule has 4 heteroatoms. The highest BCUT2D eigenvalue weighted by atomic mass is 15.0. The summed E-state index contributed by atoms with van der Waals surface area (Å²) in [6.45, 7) is 4.21. The summed E-state index contributed by atoms with van der Waals surface area (Å²) in [5.41, 5.74) is 5.72. The van der Waals surface area contributed by atoms with E-state index in [1.54, 1.807) is 0 Å². The Labute approximate surface area is 147 Å². The Kier molecular flexibility index (Phi) is 3.94. The zero-order valence-electron chi connectivity index (χ0n) is 14.4. The molecule has 0 aliphatic carbocycles. The predicted molar refractivity (Wildman–Crippen MR) is 100 cm³/mol. The van der Waals surface area contributed by atoms with Crippen LogP contribution in [0.25, 0.3) is 10.9 Å². The van der Waals surface area contributed by atoms with Crippen LogP contribution >= 0.6 is 0 Å². The molecule has 4 nitrogen and oxygen atoms in total. The van der Waals surface area contributed by atoms with Crippen LogP contribution in [0.1, 0.15) is 28.6 Å². The van der Waals surface area contributed by atoms with E-state index in [0.29, 0.717) is 0 Å². The maximum absolute atomic E-state index is 4.61. The lowest BCUT2D eigenvalue weighted by Crippen LogP contribution is -2.20. The second kappa shape index (κ2) is 6.40. The molecule has 4 aromatic rings. The monoisotopic (exact) mass is 329 g/mol. The molecule has 0 aliphatic heterocycles. The number of hydrogen-bond acceptors (Lipinski definition) is 2. The molecule has 3 heterocycles. The summed E-state index contributed by atoms with van der Waals surface area (Å²) in [7, 11) is 0. The van der Waals surface area contributed by atoms with Crippen LogP contribution in [-0.2, 0) is 0 Å². The van der Waals surface area contributed by atoms with E-state index in [-0.39, 0.29) is 6.04 Å². The Morgan fingerprint density at radius 2 is 1.88 bits per heavy atom. The van der Waals surface area contributed by atoms with Crippen LogP contribution in [0, 0.1) is 13.8 Å². The lowest BCUT2D eigenvalue weighted by molar-refractivity contribution is -0.361. The van der Waals surface area contributed by atoms with Gasteiger partial charge in [-0.25, -0.2) is 4.98 Å². The van der Waals surface area contributed by atoms with Gasteiger partial charge < -0.3 is 4.98 Å². The van der Waals surface area contributed by atoms with Crippen LogP contribution in [-0.4, -0.2) is 9.97 Å². The summed E-state index contributed by atoms with van der Waals surface area (Å²) in [5, 5.41) is 4.85. The number of aryl methyl sites for hydroxylation is 2. The second-order valence-corrected chi connectivity index (χ2v) is 6.32. The van der Waals surface area contributed by atoms with Crippen molar-refractivity contribution in [2.24, 2.45) is 0 Å². The third-order valence-corrected chi connectivity index (χ3v) is 4.47. The van der Waals surface area contributed by atoms with Gasteiger partial charge in [-0.2, -0.15) is 0 Å². The maximum Gasteiger partial charge on any atom is 0.273 e. The van der Waals surface area contributed by atoms with Crippen LogP contribution in [0.3, 0.4) is 0 Å². The Bertz CT molecular complexity index is 1000. The smallest absolute Gasteiger partial charge is 0.273 e. The zero-order chi connectivity index (χ0) is 17.2. The van der Waals surface area contributed by atoms with E-state index >= 15 is 0 Å². The summed E-state index contributed by atoms with van der Waals surface area (Å²) in [4.78, 5) is 11.4. The van der Waals surface area contributed by atoms with Gasteiger partial charge in [0.1, 0.15) is 0 Å². The third-order valence-electron chi connectivity index (χ3n) is 4.47. The van der Waals surface area contributed by atoms with E-state index in [2.05, 4.69) is 76.6 Å². The minimum absolute atomic E-state index is 0.0459. The van der Waals surface area contributed by atoms with Gasteiger partial charge >= 0.3 is 0 Å². The molecule has 1 atom stereocenters. The summed E-state index contributed by atoms with van der Waals surface area (Å²) in [5.74, 6) is 0.973. The van der Waals surface area contributed by atoms with Crippen molar-refractivity contribution in [3.8, 4) is 0 Å². The molecular weight excluding hydrogens is 308 g/mol. The molecule has 0 aliphatic rings. The molecule has 3 N–H and O–H groups in total. The zero-order valence-corrected chi connectivity index (χ0v) is 14.4. The lowest BCUT2D eigenvalue weighted by Gasteiger charge is -2.15. The number of para-hydroxylation sites is 1. The fourth-order valence-electron chi connectivity index (χ4n) is 3.33. The number of rotatable bonds is 4. The molecule has 124 valence electrons. The van der Waals surface area contributed by atoms with Crippen LogP contribution in [0.15, 0.2) is 67.0 Å². The van der Waals surface area contributed by atoms with Crippen molar-refractivity contribution in [3.63, 3.8) is 0 Å². The Morgan fingerprint density at radius 1 is 1.04 bits per heavy atom. The van der Waals surface area contributed by atoms with Crippen molar-refractivity contribution in [2.75, 3.05) is 5.32 Å². The Balaban J connectivity index is 1.87. The Morgan fingerprint density at radius 3 is 2.68 bits per heavy atom. The molecule has 0 unspecified atom stereocenters. The minimum atomic E-state index is -0.0459. The van der Waals surface area contributed by atoms with Gasteiger partial charge in [-0.15, -0.1) is 0 Å². The van der Waals surface area contributed by atoms with E-state index in [1.807, 2.05) is 24.5 Å². The summed E-state index contributed by atoms with van der Waals surface area (Å²) in [6, 6.07) is 18.6. The number of nitrogens with zero attached hydrogens (tertiary/aromatic N) is 1. The number of benzene rings is 1. The van der Waals surface area contributed by atoms with Crippen molar-refractivity contribution in [1.29, 1.82) is 0 Å². The number of fused-ring (bicyclic) bond motifs is 1. The summed E-state index contributed by atoms with van der Waals surface area (Å²) < 4.78 is 0. The molecule has 0 fully saturated rings. The molecule has 0 radical (unpaired) electrons. The number of aromatic amines is 2. The highest BCUT2D eigenvalue weighted by molar-refractivity contribution is 5.86. The molecule has 4 rings (SSSR count). The van der Waals surface area contributed by atoms with Crippen molar-refractivity contribution in [1.82, 2.24) is 9.97 Å². The maximum atomic E-state index is 4.61. The molecule has 0 saturated heterocycles. The van der Waals surface area contributed by atoms with E-state index < -0.39 is 0 Å². The largest absolute Gasteiger partial charge is 0.358 e.